The zero-order chi connectivity index (χ0) is 19.8. The molecular weight excluding hydrogens is 357 g/mol. The molecule has 0 unspecified atom stereocenters. The maximum Gasteiger partial charge on any atom is 0.339 e. The number of aryl methyl sites for hydroxylation is 1. The number of halogens is 1. The molecule has 138 valence electrons. The molecule has 0 aliphatic rings. The Morgan fingerprint density at radius 2 is 1.75 bits per heavy atom. The van der Waals surface area contributed by atoms with Crippen LogP contribution in [0.5, 0.6) is 0 Å². The number of aromatic carboxylic acids is 1. The van der Waals surface area contributed by atoms with Crippen LogP contribution in [-0.2, 0) is 0 Å². The van der Waals surface area contributed by atoms with Gasteiger partial charge in [0.2, 0.25) is 0 Å². The molecule has 0 saturated heterocycles. The van der Waals surface area contributed by atoms with E-state index in [4.69, 9.17) is 5.73 Å². The third-order valence-electron chi connectivity index (χ3n) is 4.67. The molecule has 2 heterocycles. The minimum absolute atomic E-state index is 0.0798. The van der Waals surface area contributed by atoms with Crippen LogP contribution in [0.3, 0.4) is 0 Å². The van der Waals surface area contributed by atoms with Crippen molar-refractivity contribution in [2.24, 2.45) is 0 Å². The highest BCUT2D eigenvalue weighted by Crippen LogP contribution is 2.35. The van der Waals surface area contributed by atoms with Crippen molar-refractivity contribution in [2.45, 2.75) is 6.92 Å². The maximum absolute atomic E-state index is 13.4. The fraction of sp³-hybridized carbons (Fsp3) is 0.0455. The lowest BCUT2D eigenvalue weighted by atomic mass is 9.95. The number of benzene rings is 2. The highest BCUT2D eigenvalue weighted by atomic mass is 19.1. The van der Waals surface area contributed by atoms with Crippen LogP contribution in [-0.4, -0.2) is 21.0 Å². The first kappa shape index (κ1) is 17.6. The number of nitrogens with two attached hydrogens (primary N) is 1. The third kappa shape index (κ3) is 3.05. The molecule has 0 saturated carbocycles. The van der Waals surface area contributed by atoms with Crippen LogP contribution in [0.1, 0.15) is 15.9 Å². The van der Waals surface area contributed by atoms with Crippen molar-refractivity contribution in [3.63, 3.8) is 0 Å². The van der Waals surface area contributed by atoms with Gasteiger partial charge in [-0.25, -0.2) is 14.2 Å². The Bertz CT molecular complexity index is 1220. The molecular formula is C22H16FN3O2. The zero-order valence-electron chi connectivity index (χ0n) is 15.0. The van der Waals surface area contributed by atoms with Crippen molar-refractivity contribution in [1.82, 2.24) is 9.97 Å². The van der Waals surface area contributed by atoms with E-state index < -0.39 is 5.97 Å². The molecule has 4 rings (SSSR count). The molecule has 28 heavy (non-hydrogen) atoms. The summed E-state index contributed by atoms with van der Waals surface area (Å²) >= 11 is 0. The number of rotatable bonds is 3. The van der Waals surface area contributed by atoms with Gasteiger partial charge in [0.1, 0.15) is 17.2 Å². The summed E-state index contributed by atoms with van der Waals surface area (Å²) in [6, 6.07) is 15.0. The second kappa shape index (κ2) is 6.74. The number of aromatic nitrogens is 2. The lowest BCUT2D eigenvalue weighted by Gasteiger charge is -2.13. The van der Waals surface area contributed by atoms with E-state index in [0.717, 1.165) is 22.0 Å². The van der Waals surface area contributed by atoms with Gasteiger partial charge in [0, 0.05) is 22.7 Å². The van der Waals surface area contributed by atoms with Crippen molar-refractivity contribution in [2.75, 3.05) is 5.73 Å². The molecule has 0 bridgehead atoms. The SMILES string of the molecule is Cc1ccnc2ccc(-c3cc(C(=O)O)c(N)nc3-c3ccc(F)cc3)cc12. The molecule has 0 aliphatic heterocycles. The fourth-order valence-electron chi connectivity index (χ4n) is 3.20. The van der Waals surface area contributed by atoms with Gasteiger partial charge in [-0.1, -0.05) is 6.07 Å². The number of pyridine rings is 2. The van der Waals surface area contributed by atoms with E-state index >= 15 is 0 Å². The highest BCUT2D eigenvalue weighted by Gasteiger charge is 2.18. The number of carboxylic acid groups (broad SMARTS) is 1. The summed E-state index contributed by atoms with van der Waals surface area (Å²) in [5.74, 6) is -1.61. The summed E-state index contributed by atoms with van der Waals surface area (Å²) < 4.78 is 13.4. The quantitative estimate of drug-likeness (QED) is 0.544. The van der Waals surface area contributed by atoms with Gasteiger partial charge >= 0.3 is 5.97 Å². The summed E-state index contributed by atoms with van der Waals surface area (Å²) in [5, 5.41) is 10.4. The van der Waals surface area contributed by atoms with Crippen LogP contribution in [0.2, 0.25) is 0 Å². The number of carboxylic acids is 1. The summed E-state index contributed by atoms with van der Waals surface area (Å²) in [6.45, 7) is 1.98. The highest BCUT2D eigenvalue weighted by molar-refractivity contribution is 5.98. The minimum atomic E-state index is -1.16. The number of nitrogen functional groups attached to an aromatic ring is 1. The topological polar surface area (TPSA) is 89.1 Å². The van der Waals surface area contributed by atoms with E-state index in [1.165, 1.54) is 18.2 Å². The minimum Gasteiger partial charge on any atom is -0.478 e. The summed E-state index contributed by atoms with van der Waals surface area (Å²) in [5.41, 5.74) is 10.2. The molecule has 4 aromatic rings. The molecule has 0 spiro atoms. The van der Waals surface area contributed by atoms with Crippen molar-refractivity contribution in [1.29, 1.82) is 0 Å². The number of anilines is 1. The number of nitrogens with zero attached hydrogens (tertiary/aromatic N) is 2. The second-order valence-electron chi connectivity index (χ2n) is 6.49. The van der Waals surface area contributed by atoms with Crippen molar-refractivity contribution in [3.05, 3.63) is 77.7 Å². The molecule has 5 nitrogen and oxygen atoms in total. The average Bonchev–Trinajstić information content (AvgIpc) is 2.68. The predicted octanol–water partition coefficient (Wildman–Crippen LogP) is 4.69. The van der Waals surface area contributed by atoms with Crippen molar-refractivity contribution in [3.8, 4) is 22.4 Å². The van der Waals surface area contributed by atoms with E-state index in [1.54, 1.807) is 18.3 Å². The van der Waals surface area contributed by atoms with Gasteiger partial charge in [-0.15, -0.1) is 0 Å². The molecule has 0 aliphatic carbocycles. The summed E-state index contributed by atoms with van der Waals surface area (Å²) in [6.07, 6.45) is 1.74. The number of hydrogen-bond donors (Lipinski definition) is 2. The Labute approximate surface area is 160 Å². The first-order valence-corrected chi connectivity index (χ1v) is 8.59. The first-order chi connectivity index (χ1) is 13.4. The summed E-state index contributed by atoms with van der Waals surface area (Å²) in [4.78, 5) is 20.3. The Morgan fingerprint density at radius 1 is 1.04 bits per heavy atom. The van der Waals surface area contributed by atoms with Crippen LogP contribution < -0.4 is 5.73 Å². The largest absolute Gasteiger partial charge is 0.478 e. The monoisotopic (exact) mass is 373 g/mol. The first-order valence-electron chi connectivity index (χ1n) is 8.59. The van der Waals surface area contributed by atoms with Crippen molar-refractivity contribution < 1.29 is 14.3 Å². The fourth-order valence-corrected chi connectivity index (χ4v) is 3.20. The number of carbonyl (C=O) groups is 1. The van der Waals surface area contributed by atoms with Gasteiger partial charge in [0.25, 0.3) is 0 Å². The van der Waals surface area contributed by atoms with Crippen LogP contribution >= 0.6 is 0 Å². The Kier molecular flexibility index (Phi) is 4.24. The standard InChI is InChI=1S/C22H16FN3O2/c1-12-8-9-25-19-7-4-14(10-16(12)19)17-11-18(22(27)28)21(24)26-20(17)13-2-5-15(23)6-3-13/h2-11H,1H3,(H2,24,26)(H,27,28). The molecule has 0 amide bonds. The molecule has 0 radical (unpaired) electrons. The van der Waals surface area contributed by atoms with Crippen LogP contribution in [0, 0.1) is 12.7 Å². The maximum atomic E-state index is 13.4. The van der Waals surface area contributed by atoms with E-state index in [1.807, 2.05) is 31.2 Å². The molecule has 2 aromatic carbocycles. The van der Waals surface area contributed by atoms with Gasteiger partial charge in [0.15, 0.2) is 0 Å². The summed E-state index contributed by atoms with van der Waals surface area (Å²) in [7, 11) is 0. The van der Waals surface area contributed by atoms with E-state index in [9.17, 15) is 14.3 Å². The lowest BCUT2D eigenvalue weighted by Crippen LogP contribution is -2.06. The lowest BCUT2D eigenvalue weighted by molar-refractivity contribution is 0.0698. The Balaban J connectivity index is 2.01. The van der Waals surface area contributed by atoms with Crippen LogP contribution in [0.25, 0.3) is 33.3 Å². The number of hydrogen-bond acceptors (Lipinski definition) is 4. The molecule has 2 aromatic heterocycles. The second-order valence-corrected chi connectivity index (χ2v) is 6.49. The smallest absolute Gasteiger partial charge is 0.339 e. The van der Waals surface area contributed by atoms with E-state index in [-0.39, 0.29) is 17.2 Å². The Hall–Kier alpha value is -3.80. The van der Waals surface area contributed by atoms with Crippen LogP contribution in [0.4, 0.5) is 10.2 Å². The zero-order valence-corrected chi connectivity index (χ0v) is 15.0. The van der Waals surface area contributed by atoms with Crippen molar-refractivity contribution >= 4 is 22.7 Å². The number of fused-ring (bicyclic) bond motifs is 1. The van der Waals surface area contributed by atoms with Gasteiger partial charge in [-0.05, 0) is 66.6 Å². The van der Waals surface area contributed by atoms with Gasteiger partial charge in [-0.3, -0.25) is 4.98 Å². The molecule has 0 fully saturated rings. The van der Waals surface area contributed by atoms with Gasteiger partial charge in [-0.2, -0.15) is 0 Å². The Morgan fingerprint density at radius 3 is 2.46 bits per heavy atom. The normalized spacial score (nSPS) is 10.9. The molecule has 6 heteroatoms. The van der Waals surface area contributed by atoms with Crippen LogP contribution in [0.15, 0.2) is 60.8 Å². The average molecular weight is 373 g/mol. The van der Waals surface area contributed by atoms with E-state index in [0.29, 0.717) is 16.8 Å². The van der Waals surface area contributed by atoms with Gasteiger partial charge < -0.3 is 10.8 Å². The predicted molar refractivity (Wildman–Crippen MR) is 106 cm³/mol. The van der Waals surface area contributed by atoms with E-state index in [2.05, 4.69) is 9.97 Å². The van der Waals surface area contributed by atoms with Gasteiger partial charge in [0.05, 0.1) is 11.2 Å². The molecule has 3 N–H and O–H groups in total. The third-order valence-corrected chi connectivity index (χ3v) is 4.67. The molecule has 0 atom stereocenters.